The molecule has 0 saturated carbocycles. The predicted molar refractivity (Wildman–Crippen MR) is 97.3 cm³/mol. The number of nitrogens with one attached hydrogen (secondary N) is 1. The predicted octanol–water partition coefficient (Wildman–Crippen LogP) is 3.07. The number of dihydropyridines is 1. The van der Waals surface area contributed by atoms with Crippen LogP contribution in [0.4, 0.5) is 0 Å². The number of amides is 1. The lowest BCUT2D eigenvalue weighted by atomic mass is 9.70. The van der Waals surface area contributed by atoms with Gasteiger partial charge in [0.15, 0.2) is 0 Å². The Morgan fingerprint density at radius 3 is 2.96 bits per heavy atom. The van der Waals surface area contributed by atoms with Crippen molar-refractivity contribution in [3.05, 3.63) is 48.2 Å². The van der Waals surface area contributed by atoms with Crippen molar-refractivity contribution < 1.29 is 4.79 Å². The number of nitrogens with zero attached hydrogens (tertiary/aromatic N) is 2. The summed E-state index contributed by atoms with van der Waals surface area (Å²) in [5.74, 6) is 0.354. The number of fused-ring (bicyclic) bond motifs is 1. The molecule has 1 amide bonds. The van der Waals surface area contributed by atoms with Crippen LogP contribution in [-0.2, 0) is 11.8 Å². The smallest absolute Gasteiger partial charge is 0.226 e. The van der Waals surface area contributed by atoms with Crippen molar-refractivity contribution in [3.8, 4) is 0 Å². The van der Waals surface area contributed by atoms with E-state index in [0.29, 0.717) is 6.54 Å². The molecule has 2 aliphatic rings. The van der Waals surface area contributed by atoms with Gasteiger partial charge in [0, 0.05) is 43.3 Å². The molecule has 0 aliphatic carbocycles. The minimum atomic E-state index is -0.328. The molecule has 124 valence electrons. The first-order chi connectivity index (χ1) is 11.6. The van der Waals surface area contributed by atoms with Crippen molar-refractivity contribution in [2.75, 3.05) is 13.1 Å². The molecule has 0 spiro atoms. The number of carbonyl (C=O) groups is 1. The summed E-state index contributed by atoms with van der Waals surface area (Å²) in [4.78, 5) is 17.1. The summed E-state index contributed by atoms with van der Waals surface area (Å²) in [7, 11) is 2.06. The van der Waals surface area contributed by atoms with E-state index in [1.54, 1.807) is 0 Å². The van der Waals surface area contributed by atoms with Crippen LogP contribution in [-0.4, -0.2) is 29.3 Å². The van der Waals surface area contributed by atoms with Gasteiger partial charge in [0.25, 0.3) is 0 Å². The third-order valence-corrected chi connectivity index (χ3v) is 5.62. The first kappa shape index (κ1) is 15.2. The maximum Gasteiger partial charge on any atom is 0.226 e. The van der Waals surface area contributed by atoms with Crippen molar-refractivity contribution >= 4 is 22.5 Å². The van der Waals surface area contributed by atoms with Gasteiger partial charge < -0.3 is 9.88 Å². The number of piperidine rings is 1. The molecule has 2 unspecified atom stereocenters. The second kappa shape index (κ2) is 5.62. The molecule has 4 heteroatoms. The van der Waals surface area contributed by atoms with Crippen LogP contribution in [0.3, 0.4) is 0 Å². The third kappa shape index (κ3) is 2.37. The van der Waals surface area contributed by atoms with E-state index in [1.165, 1.54) is 10.9 Å². The lowest BCUT2D eigenvalue weighted by molar-refractivity contribution is -0.134. The highest BCUT2D eigenvalue weighted by Crippen LogP contribution is 2.37. The van der Waals surface area contributed by atoms with Crippen LogP contribution in [0.25, 0.3) is 10.9 Å². The van der Waals surface area contributed by atoms with Crippen LogP contribution in [0.15, 0.2) is 47.6 Å². The van der Waals surface area contributed by atoms with Gasteiger partial charge in [0.2, 0.25) is 5.91 Å². The highest BCUT2D eigenvalue weighted by Gasteiger charge is 2.42. The van der Waals surface area contributed by atoms with Crippen LogP contribution in [0.5, 0.6) is 0 Å². The summed E-state index contributed by atoms with van der Waals surface area (Å²) in [5.41, 5.74) is 3.03. The second-order valence-electron chi connectivity index (χ2n) is 7.17. The first-order valence-electron chi connectivity index (χ1n) is 8.64. The Labute approximate surface area is 142 Å². The maximum atomic E-state index is 12.3. The molecule has 4 rings (SSSR count). The topological polar surface area (TPSA) is 46.4 Å². The Morgan fingerprint density at radius 1 is 1.33 bits per heavy atom. The fourth-order valence-electron chi connectivity index (χ4n) is 3.87. The number of aliphatic imine (C=N–C) groups is 1. The Balaban J connectivity index is 1.59. The van der Waals surface area contributed by atoms with E-state index in [1.807, 2.05) is 0 Å². The number of carbonyl (C=O) groups excluding carboxylic acids is 1. The van der Waals surface area contributed by atoms with E-state index in [9.17, 15) is 4.79 Å². The maximum absolute atomic E-state index is 12.3. The van der Waals surface area contributed by atoms with Crippen LogP contribution < -0.4 is 5.32 Å². The van der Waals surface area contributed by atoms with Gasteiger partial charge in [0.05, 0.1) is 11.1 Å². The Morgan fingerprint density at radius 2 is 2.21 bits per heavy atom. The van der Waals surface area contributed by atoms with Crippen LogP contribution in [0, 0.1) is 11.3 Å². The molecule has 1 aromatic heterocycles. The van der Waals surface area contributed by atoms with Crippen molar-refractivity contribution in [3.63, 3.8) is 0 Å². The molecule has 4 nitrogen and oxygen atoms in total. The zero-order valence-electron chi connectivity index (χ0n) is 14.2. The summed E-state index contributed by atoms with van der Waals surface area (Å²) in [6.07, 6.45) is 8.33. The molecule has 2 aliphatic heterocycles. The van der Waals surface area contributed by atoms with Gasteiger partial charge in [0.1, 0.15) is 0 Å². The van der Waals surface area contributed by atoms with Gasteiger partial charge in [-0.1, -0.05) is 25.1 Å². The summed E-state index contributed by atoms with van der Waals surface area (Å²) in [6.45, 7) is 3.56. The number of hydrogen-bond acceptors (Lipinski definition) is 2. The summed E-state index contributed by atoms with van der Waals surface area (Å²) in [6, 6.07) is 8.58. The van der Waals surface area contributed by atoms with Gasteiger partial charge in [-0.05, 0) is 36.4 Å². The number of hydrogen-bond donors (Lipinski definition) is 1. The van der Waals surface area contributed by atoms with Gasteiger partial charge in [-0.3, -0.25) is 9.79 Å². The van der Waals surface area contributed by atoms with Gasteiger partial charge in [-0.25, -0.2) is 0 Å². The van der Waals surface area contributed by atoms with Crippen LogP contribution in [0.1, 0.15) is 25.3 Å². The summed E-state index contributed by atoms with van der Waals surface area (Å²) < 4.78 is 2.13. The molecule has 0 bridgehead atoms. The van der Waals surface area contributed by atoms with E-state index in [-0.39, 0.29) is 17.2 Å². The monoisotopic (exact) mass is 321 g/mol. The van der Waals surface area contributed by atoms with E-state index in [4.69, 9.17) is 4.99 Å². The highest BCUT2D eigenvalue weighted by molar-refractivity contribution is 6.10. The SMILES string of the molecule is Cn1ccc2ccc(C3=NCC(C4(C)CCCNC4=O)C=C3)cc21. The number of aryl methyl sites for hydroxylation is 1. The highest BCUT2D eigenvalue weighted by atomic mass is 16.2. The largest absolute Gasteiger partial charge is 0.356 e. The molecule has 1 N–H and O–H groups in total. The normalized spacial score (nSPS) is 27.2. The van der Waals surface area contributed by atoms with Crippen molar-refractivity contribution in [2.45, 2.75) is 19.8 Å². The zero-order valence-corrected chi connectivity index (χ0v) is 14.2. The fourth-order valence-corrected chi connectivity index (χ4v) is 3.87. The molecule has 1 saturated heterocycles. The Kier molecular flexibility index (Phi) is 3.56. The molecule has 3 heterocycles. The summed E-state index contributed by atoms with van der Waals surface area (Å²) >= 11 is 0. The quantitative estimate of drug-likeness (QED) is 0.908. The number of rotatable bonds is 2. The second-order valence-corrected chi connectivity index (χ2v) is 7.17. The number of aromatic nitrogens is 1. The first-order valence-corrected chi connectivity index (χ1v) is 8.64. The van der Waals surface area contributed by atoms with Crippen LogP contribution in [0.2, 0.25) is 0 Å². The average Bonchev–Trinajstić information content (AvgIpc) is 2.98. The summed E-state index contributed by atoms with van der Waals surface area (Å²) in [5, 5.41) is 4.25. The standard InChI is InChI=1S/C20H23N3O/c1-20(9-3-10-21-19(20)24)16-6-7-17(22-13-16)15-5-4-14-8-11-23(2)18(14)12-15/h4-8,11-12,16H,3,9-10,13H2,1-2H3,(H,21,24). The van der Waals surface area contributed by atoms with Crippen molar-refractivity contribution in [1.82, 2.24) is 9.88 Å². The lowest BCUT2D eigenvalue weighted by Gasteiger charge is -2.38. The zero-order chi connectivity index (χ0) is 16.7. The van der Waals surface area contributed by atoms with Crippen molar-refractivity contribution in [2.24, 2.45) is 23.4 Å². The molecule has 24 heavy (non-hydrogen) atoms. The van der Waals surface area contributed by atoms with Crippen molar-refractivity contribution in [1.29, 1.82) is 0 Å². The number of benzene rings is 1. The number of allylic oxidation sites excluding steroid dienone is 1. The minimum Gasteiger partial charge on any atom is -0.356 e. The van der Waals surface area contributed by atoms with E-state index in [0.717, 1.165) is 30.7 Å². The van der Waals surface area contributed by atoms with E-state index < -0.39 is 0 Å². The Bertz CT molecular complexity index is 861. The Hall–Kier alpha value is -2.36. The molecular formula is C20H23N3O. The molecule has 2 aromatic rings. The molecular weight excluding hydrogens is 298 g/mol. The average molecular weight is 321 g/mol. The van der Waals surface area contributed by atoms with Crippen LogP contribution >= 0.6 is 0 Å². The van der Waals surface area contributed by atoms with Gasteiger partial charge >= 0.3 is 0 Å². The van der Waals surface area contributed by atoms with Gasteiger partial charge in [-0.15, -0.1) is 0 Å². The lowest BCUT2D eigenvalue weighted by Crippen LogP contribution is -2.49. The fraction of sp³-hybridized carbons (Fsp3) is 0.400. The molecule has 1 aromatic carbocycles. The molecule has 2 atom stereocenters. The third-order valence-electron chi connectivity index (χ3n) is 5.62. The molecule has 1 fully saturated rings. The molecule has 0 radical (unpaired) electrons. The van der Waals surface area contributed by atoms with E-state index in [2.05, 4.69) is 66.5 Å². The minimum absolute atomic E-state index is 0.173. The van der Waals surface area contributed by atoms with Gasteiger partial charge in [-0.2, -0.15) is 0 Å². The van der Waals surface area contributed by atoms with E-state index >= 15 is 0 Å².